The van der Waals surface area contributed by atoms with E-state index in [-0.39, 0.29) is 0 Å². The molecule has 0 aliphatic rings. The molecule has 0 N–H and O–H groups in total. The van der Waals surface area contributed by atoms with Crippen LogP contribution in [0.15, 0.2) is 162 Å². The van der Waals surface area contributed by atoms with E-state index in [0.717, 1.165) is 27.9 Å². The van der Waals surface area contributed by atoms with Crippen molar-refractivity contribution in [3.05, 3.63) is 158 Å². The summed E-state index contributed by atoms with van der Waals surface area (Å²) in [6.45, 7) is 0. The summed E-state index contributed by atoms with van der Waals surface area (Å²) in [5, 5.41) is 7.34. The van der Waals surface area contributed by atoms with E-state index < -0.39 is 0 Å². The van der Waals surface area contributed by atoms with E-state index in [2.05, 4.69) is 161 Å². The van der Waals surface area contributed by atoms with Crippen molar-refractivity contribution in [2.24, 2.45) is 0 Å². The molecule has 10 rings (SSSR count). The quantitative estimate of drug-likeness (QED) is 0.206. The minimum atomic E-state index is 0.921. The van der Waals surface area contributed by atoms with Crippen molar-refractivity contribution in [2.75, 3.05) is 0 Å². The predicted octanol–water partition coefficient (Wildman–Crippen LogP) is 11.4. The molecule has 0 amide bonds. The Kier molecular flexibility index (Phi) is 5.00. The van der Waals surface area contributed by atoms with Crippen LogP contribution >= 0.6 is 0 Å². The number of nitrogens with zero attached hydrogens (tertiary/aromatic N) is 2. The summed E-state index contributed by atoms with van der Waals surface area (Å²) in [4.78, 5) is 0. The van der Waals surface area contributed by atoms with Crippen LogP contribution in [0.1, 0.15) is 0 Å². The first-order chi connectivity index (χ1) is 22.3. The summed E-state index contributed by atoms with van der Waals surface area (Å²) in [7, 11) is 0. The predicted molar refractivity (Wildman–Crippen MR) is 188 cm³/mol. The van der Waals surface area contributed by atoms with Crippen molar-refractivity contribution in [3.8, 4) is 22.5 Å². The van der Waals surface area contributed by atoms with E-state index in [1.807, 2.05) is 6.07 Å². The van der Waals surface area contributed by atoms with Crippen LogP contribution in [0.2, 0.25) is 0 Å². The molecule has 3 heterocycles. The maximum atomic E-state index is 6.26. The van der Waals surface area contributed by atoms with Crippen molar-refractivity contribution in [1.29, 1.82) is 0 Å². The van der Waals surface area contributed by atoms with Gasteiger partial charge in [0, 0.05) is 43.7 Å². The van der Waals surface area contributed by atoms with E-state index >= 15 is 0 Å². The van der Waals surface area contributed by atoms with Crippen LogP contribution in [0.4, 0.5) is 0 Å². The summed E-state index contributed by atoms with van der Waals surface area (Å²) in [6.07, 6.45) is 0. The zero-order valence-corrected chi connectivity index (χ0v) is 24.3. The van der Waals surface area contributed by atoms with E-state index in [4.69, 9.17) is 4.42 Å². The average Bonchev–Trinajstić information content (AvgIpc) is 3.76. The van der Waals surface area contributed by atoms with Gasteiger partial charge in [0.25, 0.3) is 0 Å². The Morgan fingerprint density at radius 1 is 0.333 bits per heavy atom. The molecule has 210 valence electrons. The number of furan rings is 1. The highest BCUT2D eigenvalue weighted by Crippen LogP contribution is 2.41. The zero-order valence-electron chi connectivity index (χ0n) is 24.3. The van der Waals surface area contributed by atoms with Gasteiger partial charge in [-0.2, -0.15) is 0 Å². The van der Waals surface area contributed by atoms with Crippen molar-refractivity contribution in [1.82, 2.24) is 9.13 Å². The molecule has 3 aromatic heterocycles. The Hall–Kier alpha value is -6.06. The molecule has 0 spiro atoms. The van der Waals surface area contributed by atoms with Gasteiger partial charge in [-0.25, -0.2) is 0 Å². The van der Waals surface area contributed by atoms with Gasteiger partial charge in [0.2, 0.25) is 0 Å². The lowest BCUT2D eigenvalue weighted by Crippen LogP contribution is -1.95. The van der Waals surface area contributed by atoms with Gasteiger partial charge in [0.1, 0.15) is 11.2 Å². The number of para-hydroxylation sites is 4. The molecule has 0 radical (unpaired) electrons. The highest BCUT2D eigenvalue weighted by Gasteiger charge is 2.18. The number of fused-ring (bicyclic) bond motifs is 10. The summed E-state index contributed by atoms with van der Waals surface area (Å²) in [5.74, 6) is 0. The summed E-state index contributed by atoms with van der Waals surface area (Å²) >= 11 is 0. The van der Waals surface area contributed by atoms with Gasteiger partial charge in [-0.05, 0) is 71.8 Å². The third-order valence-corrected chi connectivity index (χ3v) is 9.32. The number of benzene rings is 7. The second-order valence-corrected chi connectivity index (χ2v) is 11.8. The lowest BCUT2D eigenvalue weighted by atomic mass is 10.0. The van der Waals surface area contributed by atoms with Crippen LogP contribution in [-0.4, -0.2) is 9.13 Å². The van der Waals surface area contributed by atoms with Gasteiger partial charge in [-0.15, -0.1) is 0 Å². The van der Waals surface area contributed by atoms with Crippen LogP contribution in [0.25, 0.3) is 88.1 Å². The maximum absolute atomic E-state index is 6.26. The van der Waals surface area contributed by atoms with E-state index in [9.17, 15) is 0 Å². The fourth-order valence-electron chi connectivity index (χ4n) is 7.38. The molecule has 45 heavy (non-hydrogen) atoms. The lowest BCUT2D eigenvalue weighted by Gasteiger charge is -2.12. The summed E-state index contributed by atoms with van der Waals surface area (Å²) < 4.78 is 11.0. The number of aromatic nitrogens is 2. The lowest BCUT2D eigenvalue weighted by molar-refractivity contribution is 0.669. The smallest absolute Gasteiger partial charge is 0.136 e. The molecule has 0 aliphatic carbocycles. The Morgan fingerprint density at radius 3 is 1.67 bits per heavy atom. The van der Waals surface area contributed by atoms with Gasteiger partial charge in [0.05, 0.1) is 22.1 Å². The first-order valence-corrected chi connectivity index (χ1v) is 15.4. The maximum Gasteiger partial charge on any atom is 0.136 e. The minimum absolute atomic E-state index is 0.921. The van der Waals surface area contributed by atoms with Crippen LogP contribution in [0.3, 0.4) is 0 Å². The molecule has 0 aliphatic heterocycles. The van der Waals surface area contributed by atoms with Crippen LogP contribution in [0.5, 0.6) is 0 Å². The standard InChI is InChI=1S/C42H26N2O/c1-5-16-35-31(12-1)32-13-2-6-17-36(32)44(35)30-11-9-10-28(26-30)27-20-22-29(23-21-27)43-37-18-7-3-14-33(37)41-38(43)24-25-40-42(41)34-15-4-8-19-39(34)45-40/h1-26H. The number of hydrogen-bond acceptors (Lipinski definition) is 1. The van der Waals surface area contributed by atoms with Gasteiger partial charge in [-0.3, -0.25) is 0 Å². The van der Waals surface area contributed by atoms with E-state index in [1.54, 1.807) is 0 Å². The van der Waals surface area contributed by atoms with Crippen molar-refractivity contribution in [3.63, 3.8) is 0 Å². The van der Waals surface area contributed by atoms with E-state index in [1.165, 1.54) is 60.1 Å². The van der Waals surface area contributed by atoms with Crippen LogP contribution in [0, 0.1) is 0 Å². The second kappa shape index (κ2) is 9.22. The Balaban J connectivity index is 1.13. The molecule has 0 atom stereocenters. The first kappa shape index (κ1) is 24.4. The van der Waals surface area contributed by atoms with Crippen molar-refractivity contribution in [2.45, 2.75) is 0 Å². The fraction of sp³-hybridized carbons (Fsp3) is 0. The van der Waals surface area contributed by atoms with Crippen LogP contribution in [-0.2, 0) is 0 Å². The highest BCUT2D eigenvalue weighted by molar-refractivity contribution is 6.27. The Labute approximate surface area is 258 Å². The van der Waals surface area contributed by atoms with Crippen LogP contribution < -0.4 is 0 Å². The first-order valence-electron chi connectivity index (χ1n) is 15.4. The summed E-state index contributed by atoms with van der Waals surface area (Å²) in [6, 6.07) is 56.5. The molecule has 3 heteroatoms. The largest absolute Gasteiger partial charge is 0.456 e. The van der Waals surface area contributed by atoms with Crippen molar-refractivity contribution >= 4 is 65.6 Å². The third kappa shape index (κ3) is 3.46. The highest BCUT2D eigenvalue weighted by atomic mass is 16.3. The Bertz CT molecular complexity index is 2700. The summed E-state index contributed by atoms with van der Waals surface area (Å²) in [5.41, 5.74) is 11.3. The van der Waals surface area contributed by atoms with Gasteiger partial charge in [-0.1, -0.05) is 97.1 Å². The molecule has 0 saturated heterocycles. The van der Waals surface area contributed by atoms with Gasteiger partial charge < -0.3 is 13.6 Å². The van der Waals surface area contributed by atoms with Gasteiger partial charge in [0.15, 0.2) is 0 Å². The zero-order chi connectivity index (χ0) is 29.5. The monoisotopic (exact) mass is 574 g/mol. The molecule has 0 unspecified atom stereocenters. The van der Waals surface area contributed by atoms with Gasteiger partial charge >= 0.3 is 0 Å². The fourth-order valence-corrected chi connectivity index (χ4v) is 7.38. The van der Waals surface area contributed by atoms with Crippen molar-refractivity contribution < 1.29 is 4.42 Å². The SMILES string of the molecule is c1cc(-c2ccc(-n3c4ccccc4c4c5c(ccc43)oc3ccccc35)cc2)cc(-n2c3ccccc3c3ccccc32)c1. The normalized spacial score (nSPS) is 12.0. The van der Waals surface area contributed by atoms with E-state index in [0.29, 0.717) is 0 Å². The third-order valence-electron chi connectivity index (χ3n) is 9.32. The average molecular weight is 575 g/mol. The molecule has 10 aromatic rings. The molecule has 0 saturated carbocycles. The topological polar surface area (TPSA) is 23.0 Å². The number of hydrogen-bond donors (Lipinski definition) is 0. The molecule has 7 aromatic carbocycles. The number of rotatable bonds is 3. The molecule has 0 bridgehead atoms. The molecule has 0 fully saturated rings. The second-order valence-electron chi connectivity index (χ2n) is 11.8. The Morgan fingerprint density at radius 2 is 0.933 bits per heavy atom. The minimum Gasteiger partial charge on any atom is -0.456 e. The molecular formula is C42H26N2O. The molecule has 3 nitrogen and oxygen atoms in total. The molecular weight excluding hydrogens is 548 g/mol.